The van der Waals surface area contributed by atoms with Crippen molar-refractivity contribution >= 4 is 6.72 Å². The molecule has 0 radical (unpaired) electrons. The van der Waals surface area contributed by atoms with Crippen LogP contribution in [0.2, 0.25) is 0 Å². The quantitative estimate of drug-likeness (QED) is 0.451. The largest absolute Gasteiger partial charge is 0.473 e. The third kappa shape index (κ3) is 3.71. The van der Waals surface area contributed by atoms with E-state index in [4.69, 9.17) is 9.84 Å². The van der Waals surface area contributed by atoms with Crippen LogP contribution in [0.4, 0.5) is 0 Å². The van der Waals surface area contributed by atoms with E-state index < -0.39 is 0 Å². The molecule has 0 aliphatic rings. The van der Waals surface area contributed by atoms with Gasteiger partial charge in [0.1, 0.15) is 6.61 Å². The highest BCUT2D eigenvalue weighted by atomic mass is 16.5. The summed E-state index contributed by atoms with van der Waals surface area (Å²) in [6.45, 7) is 7.42. The highest BCUT2D eigenvalue weighted by Gasteiger charge is 1.96. The summed E-state index contributed by atoms with van der Waals surface area (Å²) in [6.07, 6.45) is 3.24. The van der Waals surface area contributed by atoms with Gasteiger partial charge in [0.2, 0.25) is 5.88 Å². The molecular weight excluding hydrogens is 202 g/mol. The summed E-state index contributed by atoms with van der Waals surface area (Å²) < 4.78 is 5.39. The second-order valence-electron chi connectivity index (χ2n) is 3.16. The molecule has 0 unspecified atom stereocenters. The monoisotopic (exact) mass is 217 g/mol. The van der Waals surface area contributed by atoms with Crippen molar-refractivity contribution in [3.63, 3.8) is 0 Å². The maximum atomic E-state index is 8.88. The van der Waals surface area contributed by atoms with Crippen LogP contribution in [0.25, 0.3) is 0 Å². The molecule has 0 fully saturated rings. The average Bonchev–Trinajstić information content (AvgIpc) is 2.35. The maximum absolute atomic E-state index is 8.88. The van der Waals surface area contributed by atoms with Gasteiger partial charge in [-0.1, -0.05) is 36.9 Å². The number of ether oxygens (including phenoxy) is 1. The molecule has 0 aliphatic heterocycles. The number of aliphatic hydroxyl groups is 1. The van der Waals surface area contributed by atoms with Crippen LogP contribution in [-0.2, 0) is 18.0 Å². The Hall–Kier alpha value is -1.87. The highest BCUT2D eigenvalue weighted by Crippen LogP contribution is 2.09. The molecule has 0 atom stereocenters. The van der Waals surface area contributed by atoms with Crippen LogP contribution in [0.1, 0.15) is 11.1 Å². The molecule has 0 aliphatic carbocycles. The summed E-state index contributed by atoms with van der Waals surface area (Å²) in [5, 5.41) is 8.88. The van der Waals surface area contributed by atoms with Gasteiger partial charge < -0.3 is 9.84 Å². The molecule has 0 bridgehead atoms. The van der Waals surface area contributed by atoms with Crippen LogP contribution < -0.4 is 0 Å². The minimum absolute atomic E-state index is 0.0525. The normalized spacial score (nSPS) is 10.9. The Bertz CT molecular complexity index is 379. The van der Waals surface area contributed by atoms with Gasteiger partial charge in [0, 0.05) is 0 Å². The van der Waals surface area contributed by atoms with Crippen molar-refractivity contribution in [1.29, 1.82) is 0 Å². The Morgan fingerprint density at radius 2 is 1.94 bits per heavy atom. The smallest absolute Gasteiger partial charge is 0.212 e. The third-order valence-electron chi connectivity index (χ3n) is 2.01. The van der Waals surface area contributed by atoms with Gasteiger partial charge in [-0.3, -0.25) is 0 Å². The average molecular weight is 217 g/mol. The first-order chi connectivity index (χ1) is 7.80. The number of hydrogen-bond donors (Lipinski definition) is 1. The predicted molar refractivity (Wildman–Crippen MR) is 65.0 cm³/mol. The lowest BCUT2D eigenvalue weighted by atomic mass is 10.1. The van der Waals surface area contributed by atoms with Crippen LogP contribution in [0.15, 0.2) is 53.9 Å². The van der Waals surface area contributed by atoms with E-state index in [0.717, 1.165) is 11.1 Å². The molecule has 1 N–H and O–H groups in total. The lowest BCUT2D eigenvalue weighted by Crippen LogP contribution is -1.92. The SMILES string of the molecule is C=C/C=C(\N=C)OCc1ccc(CO)cc1. The van der Waals surface area contributed by atoms with Gasteiger partial charge in [-0.2, -0.15) is 0 Å². The summed E-state index contributed by atoms with van der Waals surface area (Å²) in [4.78, 5) is 3.70. The van der Waals surface area contributed by atoms with Crippen molar-refractivity contribution in [3.05, 3.63) is 60.0 Å². The van der Waals surface area contributed by atoms with Crippen LogP contribution in [-0.4, -0.2) is 11.8 Å². The van der Waals surface area contributed by atoms with E-state index in [0.29, 0.717) is 12.5 Å². The number of aliphatic hydroxyl groups excluding tert-OH is 1. The summed E-state index contributed by atoms with van der Waals surface area (Å²) >= 11 is 0. The zero-order valence-electron chi connectivity index (χ0n) is 9.10. The number of benzene rings is 1. The number of hydrogen-bond acceptors (Lipinski definition) is 3. The summed E-state index contributed by atoms with van der Waals surface area (Å²) in [5.41, 5.74) is 1.89. The molecule has 1 rings (SSSR count). The second kappa shape index (κ2) is 6.58. The summed E-state index contributed by atoms with van der Waals surface area (Å²) in [7, 11) is 0. The Morgan fingerprint density at radius 3 is 2.44 bits per heavy atom. The van der Waals surface area contributed by atoms with E-state index in [2.05, 4.69) is 18.3 Å². The zero-order valence-corrected chi connectivity index (χ0v) is 9.10. The van der Waals surface area contributed by atoms with E-state index in [1.165, 1.54) is 0 Å². The fraction of sp³-hybridized carbons (Fsp3) is 0.154. The minimum Gasteiger partial charge on any atom is -0.473 e. The molecule has 3 nitrogen and oxygen atoms in total. The van der Waals surface area contributed by atoms with Crippen molar-refractivity contribution in [2.24, 2.45) is 4.99 Å². The van der Waals surface area contributed by atoms with Gasteiger partial charge >= 0.3 is 0 Å². The van der Waals surface area contributed by atoms with Crippen molar-refractivity contribution < 1.29 is 9.84 Å². The van der Waals surface area contributed by atoms with Crippen molar-refractivity contribution in [2.45, 2.75) is 13.2 Å². The van der Waals surface area contributed by atoms with Crippen LogP contribution in [0, 0.1) is 0 Å². The number of rotatable bonds is 6. The van der Waals surface area contributed by atoms with Gasteiger partial charge in [-0.25, -0.2) is 4.99 Å². The van der Waals surface area contributed by atoms with E-state index in [9.17, 15) is 0 Å². The van der Waals surface area contributed by atoms with Crippen LogP contribution in [0.5, 0.6) is 0 Å². The molecule has 0 aromatic heterocycles. The van der Waals surface area contributed by atoms with E-state index in [1.807, 2.05) is 24.3 Å². The van der Waals surface area contributed by atoms with Gasteiger partial charge in [-0.05, 0) is 23.9 Å². The molecule has 0 amide bonds. The van der Waals surface area contributed by atoms with Crippen molar-refractivity contribution in [2.75, 3.05) is 0 Å². The topological polar surface area (TPSA) is 41.8 Å². The van der Waals surface area contributed by atoms with Gasteiger partial charge in [-0.15, -0.1) is 0 Å². The first kappa shape index (κ1) is 12.2. The van der Waals surface area contributed by atoms with E-state index in [1.54, 1.807) is 12.2 Å². The fourth-order valence-corrected chi connectivity index (χ4v) is 1.15. The third-order valence-corrected chi connectivity index (χ3v) is 2.01. The molecule has 16 heavy (non-hydrogen) atoms. The Labute approximate surface area is 95.4 Å². The predicted octanol–water partition coefficient (Wildman–Crippen LogP) is 2.42. The first-order valence-electron chi connectivity index (χ1n) is 4.91. The first-order valence-corrected chi connectivity index (χ1v) is 4.91. The minimum atomic E-state index is 0.0525. The molecule has 3 heteroatoms. The zero-order chi connectivity index (χ0) is 11.8. The van der Waals surface area contributed by atoms with E-state index >= 15 is 0 Å². The Kier molecular flexibility index (Phi) is 5.02. The molecule has 0 saturated heterocycles. The molecule has 1 aromatic carbocycles. The van der Waals surface area contributed by atoms with Gasteiger partial charge in [0.15, 0.2) is 0 Å². The molecule has 1 aromatic rings. The molecular formula is C13H15NO2. The lowest BCUT2D eigenvalue weighted by molar-refractivity contribution is 0.197. The number of nitrogens with zero attached hydrogens (tertiary/aromatic N) is 1. The number of allylic oxidation sites excluding steroid dienone is 2. The van der Waals surface area contributed by atoms with Crippen molar-refractivity contribution in [1.82, 2.24) is 0 Å². The molecule has 0 spiro atoms. The van der Waals surface area contributed by atoms with Gasteiger partial charge in [0.05, 0.1) is 6.61 Å². The molecule has 84 valence electrons. The maximum Gasteiger partial charge on any atom is 0.212 e. The molecule has 0 heterocycles. The summed E-state index contributed by atoms with van der Waals surface area (Å²) in [5.74, 6) is 0.446. The lowest BCUT2D eigenvalue weighted by Gasteiger charge is -2.06. The van der Waals surface area contributed by atoms with Crippen LogP contribution in [0.3, 0.4) is 0 Å². The van der Waals surface area contributed by atoms with Gasteiger partial charge in [0.25, 0.3) is 0 Å². The van der Waals surface area contributed by atoms with E-state index in [-0.39, 0.29) is 6.61 Å². The fourth-order valence-electron chi connectivity index (χ4n) is 1.15. The second-order valence-corrected chi connectivity index (χ2v) is 3.16. The Morgan fingerprint density at radius 1 is 1.31 bits per heavy atom. The van der Waals surface area contributed by atoms with Crippen molar-refractivity contribution in [3.8, 4) is 0 Å². The van der Waals surface area contributed by atoms with Crippen LogP contribution >= 0.6 is 0 Å². The highest BCUT2D eigenvalue weighted by molar-refractivity contribution is 5.28. The summed E-state index contributed by atoms with van der Waals surface area (Å²) in [6, 6.07) is 7.52. The standard InChI is InChI=1S/C13H15NO2/c1-3-4-13(14-2)16-10-12-7-5-11(9-15)6-8-12/h3-8,15H,1-2,9-10H2/b13-4+. The molecule has 0 saturated carbocycles. The number of aliphatic imine (C=N–C) groups is 1. The Balaban J connectivity index is 2.56.